The van der Waals surface area contributed by atoms with Gasteiger partial charge < -0.3 is 5.32 Å². The third-order valence-corrected chi connectivity index (χ3v) is 8.58. The van der Waals surface area contributed by atoms with Crippen molar-refractivity contribution in [2.45, 2.75) is 48.9 Å². The molecule has 0 aliphatic heterocycles. The molecule has 2 rings (SSSR count). The van der Waals surface area contributed by atoms with E-state index in [1.165, 1.54) is 11.3 Å². The molecule has 0 atom stereocenters. The smallest absolute Gasteiger partial charge is 0.242 e. The summed E-state index contributed by atoms with van der Waals surface area (Å²) in [4.78, 5) is 1.37. The van der Waals surface area contributed by atoms with Crippen LogP contribution in [0.1, 0.15) is 31.6 Å². The normalized spacial score (nSPS) is 17.4. The maximum absolute atomic E-state index is 12.4. The van der Waals surface area contributed by atoms with Crippen LogP contribution >= 0.6 is 39.0 Å². The van der Waals surface area contributed by atoms with Crippen LogP contribution in [0.3, 0.4) is 0 Å². The van der Waals surface area contributed by atoms with Gasteiger partial charge in [0.2, 0.25) is 10.0 Å². The van der Waals surface area contributed by atoms with E-state index in [9.17, 15) is 8.42 Å². The maximum atomic E-state index is 12.4. The quantitative estimate of drug-likeness (QED) is 0.687. The Labute approximate surface area is 143 Å². The van der Waals surface area contributed by atoms with E-state index in [0.717, 1.165) is 17.7 Å². The van der Waals surface area contributed by atoms with Crippen LogP contribution in [0.5, 0.6) is 0 Å². The monoisotopic (exact) mass is 412 g/mol. The Balaban J connectivity index is 2.05. The molecule has 0 saturated heterocycles. The van der Waals surface area contributed by atoms with Gasteiger partial charge in [-0.1, -0.05) is 13.8 Å². The second-order valence-corrected chi connectivity index (χ2v) is 11.1. The lowest BCUT2D eigenvalue weighted by atomic mass is 10.4. The molecule has 21 heavy (non-hydrogen) atoms. The molecular formula is C13H21BrN2O2S3. The molecule has 1 saturated carbocycles. The van der Waals surface area contributed by atoms with Crippen LogP contribution < -0.4 is 10.0 Å². The first-order chi connectivity index (χ1) is 9.78. The van der Waals surface area contributed by atoms with Crippen LogP contribution in [0.15, 0.2) is 14.7 Å². The van der Waals surface area contributed by atoms with Crippen molar-refractivity contribution in [1.82, 2.24) is 10.0 Å². The van der Waals surface area contributed by atoms with E-state index in [4.69, 9.17) is 0 Å². The molecule has 0 radical (unpaired) electrons. The van der Waals surface area contributed by atoms with E-state index in [0.29, 0.717) is 27.8 Å². The maximum Gasteiger partial charge on any atom is 0.242 e. The lowest BCUT2D eigenvalue weighted by Crippen LogP contribution is -2.31. The Morgan fingerprint density at radius 2 is 2.14 bits per heavy atom. The highest BCUT2D eigenvalue weighted by Gasteiger charge is 2.42. The summed E-state index contributed by atoms with van der Waals surface area (Å²) >= 11 is 6.60. The summed E-state index contributed by atoms with van der Waals surface area (Å²) < 4.78 is 28.4. The fourth-order valence-corrected chi connectivity index (χ4v) is 6.45. The molecule has 8 heteroatoms. The standard InChI is InChI=1S/C13H21BrN2O2S3/c1-9(2)15-7-10-6-11(12(14)20-10)21(17,18)16-8-13(19-3)4-5-13/h6,9,15-16H,4-5,7-8H2,1-3H3. The largest absolute Gasteiger partial charge is 0.310 e. The van der Waals surface area contributed by atoms with Gasteiger partial charge in [-0.15, -0.1) is 11.3 Å². The van der Waals surface area contributed by atoms with Gasteiger partial charge >= 0.3 is 0 Å². The van der Waals surface area contributed by atoms with Crippen LogP contribution in [0.25, 0.3) is 0 Å². The molecule has 0 amide bonds. The lowest BCUT2D eigenvalue weighted by Gasteiger charge is -2.13. The molecule has 2 N–H and O–H groups in total. The molecule has 120 valence electrons. The molecule has 1 aromatic rings. The highest BCUT2D eigenvalue weighted by molar-refractivity contribution is 9.11. The first-order valence-electron chi connectivity index (χ1n) is 6.84. The number of sulfonamides is 1. The second-order valence-electron chi connectivity index (χ2n) is 5.60. The lowest BCUT2D eigenvalue weighted by molar-refractivity contribution is 0.579. The second kappa shape index (κ2) is 6.88. The van der Waals surface area contributed by atoms with Gasteiger partial charge in [-0.05, 0) is 41.1 Å². The summed E-state index contributed by atoms with van der Waals surface area (Å²) in [7, 11) is -3.44. The molecule has 1 aromatic heterocycles. The Bertz CT molecular complexity index is 595. The number of thiophene rings is 1. The minimum absolute atomic E-state index is 0.123. The van der Waals surface area contributed by atoms with Gasteiger partial charge in [0.05, 0.1) is 3.79 Å². The fraction of sp³-hybridized carbons (Fsp3) is 0.692. The molecule has 0 bridgehead atoms. The highest BCUT2D eigenvalue weighted by atomic mass is 79.9. The van der Waals surface area contributed by atoms with Crippen LogP contribution in [0, 0.1) is 0 Å². The SMILES string of the molecule is CSC1(CNS(=O)(=O)c2cc(CNC(C)C)sc2Br)CC1. The van der Waals surface area contributed by atoms with Crippen molar-refractivity contribution in [2.75, 3.05) is 12.8 Å². The van der Waals surface area contributed by atoms with Gasteiger partial charge in [0, 0.05) is 28.8 Å². The summed E-state index contributed by atoms with van der Waals surface area (Å²) in [6.45, 7) is 5.34. The van der Waals surface area contributed by atoms with E-state index in [-0.39, 0.29) is 4.75 Å². The van der Waals surface area contributed by atoms with Gasteiger partial charge in [0.1, 0.15) is 4.90 Å². The van der Waals surface area contributed by atoms with Crippen LogP contribution in [0.4, 0.5) is 0 Å². The van der Waals surface area contributed by atoms with Gasteiger partial charge in [-0.3, -0.25) is 0 Å². The van der Waals surface area contributed by atoms with Gasteiger partial charge in [0.15, 0.2) is 0 Å². The predicted octanol–water partition coefficient (Wildman–Crippen LogP) is 3.18. The molecule has 4 nitrogen and oxygen atoms in total. The summed E-state index contributed by atoms with van der Waals surface area (Å²) in [6.07, 6.45) is 4.22. The number of hydrogen-bond acceptors (Lipinski definition) is 5. The van der Waals surface area contributed by atoms with E-state index in [1.807, 2.05) is 6.26 Å². The van der Waals surface area contributed by atoms with E-state index < -0.39 is 10.0 Å². The third-order valence-electron chi connectivity index (χ3n) is 3.51. The van der Waals surface area contributed by atoms with Crippen LogP contribution in [-0.4, -0.2) is 32.0 Å². The van der Waals surface area contributed by atoms with E-state index in [2.05, 4.69) is 39.8 Å². The zero-order valence-corrected chi connectivity index (χ0v) is 16.4. The summed E-state index contributed by atoms with van der Waals surface area (Å²) in [5.41, 5.74) is 0. The van der Waals surface area contributed by atoms with E-state index >= 15 is 0 Å². The van der Waals surface area contributed by atoms with Crippen molar-refractivity contribution >= 4 is 49.1 Å². The molecule has 1 aliphatic rings. The topological polar surface area (TPSA) is 58.2 Å². The first-order valence-corrected chi connectivity index (χ1v) is 11.2. The summed E-state index contributed by atoms with van der Waals surface area (Å²) in [6, 6.07) is 2.13. The minimum Gasteiger partial charge on any atom is -0.310 e. The number of nitrogens with one attached hydrogen (secondary N) is 2. The van der Waals surface area contributed by atoms with Gasteiger partial charge in [-0.25, -0.2) is 13.1 Å². The summed E-state index contributed by atoms with van der Waals surface area (Å²) in [5, 5.41) is 3.30. The van der Waals surface area contributed by atoms with E-state index in [1.54, 1.807) is 17.8 Å². The number of hydrogen-bond donors (Lipinski definition) is 2. The minimum atomic E-state index is -3.44. The Hall–Kier alpha value is 0.400. The molecular weight excluding hydrogens is 392 g/mol. The van der Waals surface area contributed by atoms with Crippen molar-refractivity contribution in [3.05, 3.63) is 14.7 Å². The van der Waals surface area contributed by atoms with Crippen molar-refractivity contribution < 1.29 is 8.42 Å². The Kier molecular flexibility index (Phi) is 5.82. The number of thioether (sulfide) groups is 1. The highest BCUT2D eigenvalue weighted by Crippen LogP contribution is 2.46. The molecule has 0 unspecified atom stereocenters. The number of halogens is 1. The van der Waals surface area contributed by atoms with Crippen LogP contribution in [0.2, 0.25) is 0 Å². The van der Waals surface area contributed by atoms with Gasteiger partial charge in [-0.2, -0.15) is 11.8 Å². The molecule has 1 fully saturated rings. The van der Waals surface area contributed by atoms with Crippen molar-refractivity contribution in [3.63, 3.8) is 0 Å². The molecule has 1 aliphatic carbocycles. The van der Waals surface area contributed by atoms with Crippen LogP contribution in [-0.2, 0) is 16.6 Å². The van der Waals surface area contributed by atoms with Gasteiger partial charge in [0.25, 0.3) is 0 Å². The van der Waals surface area contributed by atoms with Crippen molar-refractivity contribution in [2.24, 2.45) is 0 Å². The Morgan fingerprint density at radius 1 is 1.48 bits per heavy atom. The zero-order chi connectivity index (χ0) is 15.7. The van der Waals surface area contributed by atoms with Crippen molar-refractivity contribution in [3.8, 4) is 0 Å². The third kappa shape index (κ3) is 4.68. The summed E-state index contributed by atoms with van der Waals surface area (Å²) in [5.74, 6) is 0. The number of rotatable bonds is 8. The average molecular weight is 413 g/mol. The Morgan fingerprint density at radius 3 is 2.67 bits per heavy atom. The molecule has 0 spiro atoms. The first kappa shape index (κ1) is 17.7. The predicted molar refractivity (Wildman–Crippen MR) is 94.7 cm³/mol. The van der Waals surface area contributed by atoms with Crippen molar-refractivity contribution in [1.29, 1.82) is 0 Å². The fourth-order valence-electron chi connectivity index (χ4n) is 1.87. The molecule has 0 aromatic carbocycles. The zero-order valence-electron chi connectivity index (χ0n) is 12.4. The average Bonchev–Trinajstić information content (AvgIpc) is 3.10. The molecule has 1 heterocycles.